The van der Waals surface area contributed by atoms with Crippen molar-refractivity contribution in [2.75, 3.05) is 0 Å². The second-order valence-corrected chi connectivity index (χ2v) is 7.57. The van der Waals surface area contributed by atoms with E-state index < -0.39 is 6.10 Å². The first-order chi connectivity index (χ1) is 14.1. The van der Waals surface area contributed by atoms with Gasteiger partial charge in [0.1, 0.15) is 5.82 Å². The summed E-state index contributed by atoms with van der Waals surface area (Å²) in [4.78, 5) is 8.46. The zero-order valence-corrected chi connectivity index (χ0v) is 16.1. The Kier molecular flexibility index (Phi) is 4.42. The van der Waals surface area contributed by atoms with Gasteiger partial charge >= 0.3 is 0 Å². The molecule has 0 saturated heterocycles. The van der Waals surface area contributed by atoms with Crippen LogP contribution in [-0.2, 0) is 0 Å². The van der Waals surface area contributed by atoms with Crippen LogP contribution in [0.5, 0.6) is 0 Å². The number of fused-ring (bicyclic) bond motifs is 3. The molecule has 29 heavy (non-hydrogen) atoms. The summed E-state index contributed by atoms with van der Waals surface area (Å²) in [6.45, 7) is 0. The van der Waals surface area contributed by atoms with Gasteiger partial charge < -0.3 is 9.67 Å². The minimum atomic E-state index is -0.746. The van der Waals surface area contributed by atoms with Crippen molar-refractivity contribution in [3.63, 3.8) is 0 Å². The number of hydrogen-bond acceptors (Lipinski definition) is 3. The average molecular weight is 406 g/mol. The van der Waals surface area contributed by atoms with Crippen LogP contribution in [0.2, 0.25) is 5.02 Å². The van der Waals surface area contributed by atoms with Crippen molar-refractivity contribution in [3.8, 4) is 22.4 Å². The SMILES string of the molecule is OC(CC1c2ccncc2-c2cncn21)c1ccc(-c2ccc(F)cc2)cc1Cl. The van der Waals surface area contributed by atoms with E-state index in [9.17, 15) is 9.50 Å². The van der Waals surface area contributed by atoms with E-state index in [0.29, 0.717) is 17.0 Å². The molecular weight excluding hydrogens is 389 g/mol. The molecule has 4 aromatic rings. The molecule has 0 aliphatic carbocycles. The highest BCUT2D eigenvalue weighted by Gasteiger charge is 2.30. The minimum Gasteiger partial charge on any atom is -0.388 e. The molecule has 2 unspecified atom stereocenters. The zero-order chi connectivity index (χ0) is 20.0. The maximum atomic E-state index is 13.2. The van der Waals surface area contributed by atoms with Crippen LogP contribution in [0.1, 0.15) is 29.7 Å². The molecule has 2 atom stereocenters. The molecule has 0 radical (unpaired) electrons. The van der Waals surface area contributed by atoms with Crippen LogP contribution in [0, 0.1) is 5.82 Å². The Morgan fingerprint density at radius 3 is 2.62 bits per heavy atom. The number of halogens is 2. The first kappa shape index (κ1) is 18.0. The quantitative estimate of drug-likeness (QED) is 0.492. The second kappa shape index (κ2) is 7.10. The molecular formula is C23H17ClFN3O. The summed E-state index contributed by atoms with van der Waals surface area (Å²) in [5.74, 6) is -0.280. The molecule has 144 valence electrons. The third-order valence-electron chi connectivity index (χ3n) is 5.48. The summed E-state index contributed by atoms with van der Waals surface area (Å²) in [5.41, 5.74) is 5.58. The molecule has 0 spiro atoms. The number of pyridine rings is 1. The van der Waals surface area contributed by atoms with Gasteiger partial charge in [0.2, 0.25) is 0 Å². The molecule has 2 aromatic heterocycles. The minimum absolute atomic E-state index is 0.0339. The molecule has 4 nitrogen and oxygen atoms in total. The number of nitrogens with zero attached hydrogens (tertiary/aromatic N) is 3. The van der Waals surface area contributed by atoms with E-state index in [1.165, 1.54) is 12.1 Å². The van der Waals surface area contributed by atoms with Gasteiger partial charge in [-0.2, -0.15) is 0 Å². The predicted octanol–water partition coefficient (Wildman–Crippen LogP) is 5.43. The van der Waals surface area contributed by atoms with Crippen LogP contribution in [-0.4, -0.2) is 19.6 Å². The average Bonchev–Trinajstić information content (AvgIpc) is 3.31. The Balaban J connectivity index is 1.43. The Morgan fingerprint density at radius 2 is 1.83 bits per heavy atom. The van der Waals surface area contributed by atoms with Gasteiger partial charge in [0, 0.05) is 29.4 Å². The van der Waals surface area contributed by atoms with Crippen LogP contribution < -0.4 is 0 Å². The van der Waals surface area contributed by atoms with Gasteiger partial charge in [-0.25, -0.2) is 9.37 Å². The Labute approximate surface area is 172 Å². The number of aliphatic hydroxyl groups is 1. The highest BCUT2D eigenvalue weighted by atomic mass is 35.5. The standard InChI is InChI=1S/C23H17ClFN3O/c24-20-9-15(14-1-4-16(25)5-2-14)3-6-18(20)23(29)10-21-17-7-8-26-11-19(17)22-12-27-13-28(21)22/h1-9,11-13,21,23,29H,10H2. The summed E-state index contributed by atoms with van der Waals surface area (Å²) in [5, 5.41) is 11.4. The van der Waals surface area contributed by atoms with Crippen LogP contribution in [0.3, 0.4) is 0 Å². The van der Waals surface area contributed by atoms with E-state index in [-0.39, 0.29) is 11.9 Å². The van der Waals surface area contributed by atoms with Gasteiger partial charge in [-0.3, -0.25) is 4.98 Å². The number of aromatic nitrogens is 3. The number of imidazole rings is 1. The van der Waals surface area contributed by atoms with Crippen molar-refractivity contribution in [2.24, 2.45) is 0 Å². The van der Waals surface area contributed by atoms with Crippen LogP contribution in [0.25, 0.3) is 22.4 Å². The van der Waals surface area contributed by atoms with E-state index >= 15 is 0 Å². The summed E-state index contributed by atoms with van der Waals surface area (Å²) >= 11 is 6.51. The normalized spacial score (nSPS) is 15.8. The van der Waals surface area contributed by atoms with E-state index in [1.807, 2.05) is 36.7 Å². The molecule has 0 amide bonds. The van der Waals surface area contributed by atoms with Gasteiger partial charge in [0.25, 0.3) is 0 Å². The Hall–Kier alpha value is -3.02. The van der Waals surface area contributed by atoms with Crippen molar-refractivity contribution in [2.45, 2.75) is 18.6 Å². The van der Waals surface area contributed by atoms with E-state index in [1.54, 1.807) is 24.7 Å². The highest BCUT2D eigenvalue weighted by molar-refractivity contribution is 6.31. The maximum Gasteiger partial charge on any atom is 0.123 e. The van der Waals surface area contributed by atoms with Crippen LogP contribution in [0.15, 0.2) is 73.4 Å². The number of hydrogen-bond donors (Lipinski definition) is 1. The highest BCUT2D eigenvalue weighted by Crippen LogP contribution is 2.43. The fourth-order valence-electron chi connectivity index (χ4n) is 4.02. The van der Waals surface area contributed by atoms with Crippen molar-refractivity contribution in [1.29, 1.82) is 0 Å². The summed E-state index contributed by atoms with van der Waals surface area (Å²) < 4.78 is 15.2. The van der Waals surface area contributed by atoms with Gasteiger partial charge in [-0.05, 0) is 46.5 Å². The lowest BCUT2D eigenvalue weighted by Crippen LogP contribution is -2.11. The van der Waals surface area contributed by atoms with Gasteiger partial charge in [0.15, 0.2) is 0 Å². The Bertz CT molecular complexity index is 1190. The largest absolute Gasteiger partial charge is 0.388 e. The summed E-state index contributed by atoms with van der Waals surface area (Å²) in [7, 11) is 0. The molecule has 0 fully saturated rings. The summed E-state index contributed by atoms with van der Waals surface area (Å²) in [6.07, 6.45) is 6.92. The molecule has 3 heterocycles. The number of benzene rings is 2. The fraction of sp³-hybridized carbons (Fsp3) is 0.130. The molecule has 0 saturated carbocycles. The zero-order valence-electron chi connectivity index (χ0n) is 15.3. The van der Waals surface area contributed by atoms with Crippen molar-refractivity contribution < 1.29 is 9.50 Å². The lowest BCUT2D eigenvalue weighted by molar-refractivity contribution is 0.154. The monoisotopic (exact) mass is 405 g/mol. The Morgan fingerprint density at radius 1 is 1.03 bits per heavy atom. The summed E-state index contributed by atoms with van der Waals surface area (Å²) in [6, 6.07) is 13.7. The molecule has 1 N–H and O–H groups in total. The number of rotatable bonds is 4. The van der Waals surface area contributed by atoms with Gasteiger partial charge in [0.05, 0.1) is 30.4 Å². The van der Waals surface area contributed by atoms with Gasteiger partial charge in [-0.1, -0.05) is 35.9 Å². The van der Waals surface area contributed by atoms with E-state index in [2.05, 4.69) is 14.5 Å². The second-order valence-electron chi connectivity index (χ2n) is 7.16. The van der Waals surface area contributed by atoms with Crippen molar-refractivity contribution >= 4 is 11.6 Å². The smallest absolute Gasteiger partial charge is 0.123 e. The fourth-order valence-corrected chi connectivity index (χ4v) is 4.33. The molecule has 0 bridgehead atoms. The predicted molar refractivity (Wildman–Crippen MR) is 110 cm³/mol. The third kappa shape index (κ3) is 3.12. The van der Waals surface area contributed by atoms with Crippen molar-refractivity contribution in [1.82, 2.24) is 14.5 Å². The molecule has 1 aliphatic heterocycles. The molecule has 2 aromatic carbocycles. The number of aliphatic hydroxyl groups excluding tert-OH is 1. The molecule has 1 aliphatic rings. The molecule has 6 heteroatoms. The first-order valence-electron chi connectivity index (χ1n) is 9.31. The van der Waals surface area contributed by atoms with E-state index in [4.69, 9.17) is 11.6 Å². The van der Waals surface area contributed by atoms with Crippen LogP contribution in [0.4, 0.5) is 4.39 Å². The maximum absolute atomic E-state index is 13.2. The first-order valence-corrected chi connectivity index (χ1v) is 9.69. The van der Waals surface area contributed by atoms with Gasteiger partial charge in [-0.15, -0.1) is 0 Å². The molecule has 5 rings (SSSR count). The lowest BCUT2D eigenvalue weighted by atomic mass is 9.95. The van der Waals surface area contributed by atoms with Crippen LogP contribution >= 0.6 is 11.6 Å². The third-order valence-corrected chi connectivity index (χ3v) is 5.80. The topological polar surface area (TPSA) is 50.9 Å². The van der Waals surface area contributed by atoms with E-state index in [0.717, 1.165) is 27.9 Å². The lowest BCUT2D eigenvalue weighted by Gasteiger charge is -2.20. The van der Waals surface area contributed by atoms with Crippen molar-refractivity contribution in [3.05, 3.63) is 95.4 Å².